The maximum atomic E-state index is 8.67. The van der Waals surface area contributed by atoms with Crippen LogP contribution >= 0.6 is 22.6 Å². The van der Waals surface area contributed by atoms with Crippen molar-refractivity contribution in [1.29, 1.82) is 10.5 Å². The number of hydrogen-bond acceptors (Lipinski definition) is 2. The highest BCUT2D eigenvalue weighted by Crippen LogP contribution is 2.13. The number of rotatable bonds is 1. The van der Waals surface area contributed by atoms with E-state index in [1.54, 1.807) is 6.07 Å². The van der Waals surface area contributed by atoms with Crippen LogP contribution < -0.4 is 0 Å². The first-order valence-electron chi connectivity index (χ1n) is 3.33. The molecule has 1 aromatic rings. The third-order valence-corrected chi connectivity index (χ3v) is 2.38. The Labute approximate surface area is 84.6 Å². The van der Waals surface area contributed by atoms with Crippen molar-refractivity contribution in [2.45, 2.75) is 6.42 Å². The summed E-state index contributed by atoms with van der Waals surface area (Å²) in [7, 11) is 0. The van der Waals surface area contributed by atoms with Crippen molar-refractivity contribution in [1.82, 2.24) is 0 Å². The minimum atomic E-state index is 0.367. The fourth-order valence-electron chi connectivity index (χ4n) is 0.859. The van der Waals surface area contributed by atoms with Crippen molar-refractivity contribution in [3.63, 3.8) is 0 Å². The first kappa shape index (κ1) is 9.02. The predicted molar refractivity (Wildman–Crippen MR) is 53.2 cm³/mol. The summed E-state index contributed by atoms with van der Waals surface area (Å²) < 4.78 is 0.928. The van der Waals surface area contributed by atoms with Gasteiger partial charge >= 0.3 is 0 Å². The van der Waals surface area contributed by atoms with Gasteiger partial charge in [-0.3, -0.25) is 0 Å². The number of hydrogen-bond donors (Lipinski definition) is 0. The average Bonchev–Trinajstić information content (AvgIpc) is 2.09. The van der Waals surface area contributed by atoms with E-state index in [9.17, 15) is 0 Å². The molecule has 0 amide bonds. The van der Waals surface area contributed by atoms with Crippen LogP contribution in [0, 0.1) is 26.2 Å². The molecule has 2 nitrogen and oxygen atoms in total. The minimum Gasteiger partial charge on any atom is -0.198 e. The molecule has 1 rings (SSSR count). The summed E-state index contributed by atoms with van der Waals surface area (Å²) in [5, 5.41) is 17.1. The summed E-state index contributed by atoms with van der Waals surface area (Å²) in [5.41, 5.74) is 1.54. The standard InChI is InChI=1S/C9H5IN2/c10-9-2-1-7(3-4-11)5-8(9)6-12/h1-2,5H,3H2. The lowest BCUT2D eigenvalue weighted by Crippen LogP contribution is -1.86. The van der Waals surface area contributed by atoms with Crippen molar-refractivity contribution in [3.05, 3.63) is 32.9 Å². The number of nitrogens with zero attached hydrogens (tertiary/aromatic N) is 2. The molecule has 0 fully saturated rings. The van der Waals surface area contributed by atoms with Crippen LogP contribution in [0.25, 0.3) is 0 Å². The van der Waals surface area contributed by atoms with Gasteiger partial charge in [-0.25, -0.2) is 0 Å². The van der Waals surface area contributed by atoms with Crippen LogP contribution in [0.5, 0.6) is 0 Å². The highest BCUT2D eigenvalue weighted by atomic mass is 127. The Hall–Kier alpha value is -1.07. The van der Waals surface area contributed by atoms with Crippen molar-refractivity contribution in [3.8, 4) is 12.1 Å². The molecular formula is C9H5IN2. The Morgan fingerprint density at radius 3 is 2.67 bits per heavy atom. The van der Waals surface area contributed by atoms with E-state index >= 15 is 0 Å². The summed E-state index contributed by atoms with van der Waals surface area (Å²) >= 11 is 2.10. The number of nitriles is 2. The molecule has 0 aliphatic rings. The summed E-state index contributed by atoms with van der Waals surface area (Å²) in [6.07, 6.45) is 0.367. The fourth-order valence-corrected chi connectivity index (χ4v) is 1.32. The van der Waals surface area contributed by atoms with Gasteiger partial charge in [0.25, 0.3) is 0 Å². The van der Waals surface area contributed by atoms with Gasteiger partial charge in [0.1, 0.15) is 6.07 Å². The third kappa shape index (κ3) is 1.96. The highest BCUT2D eigenvalue weighted by Gasteiger charge is 1.99. The molecule has 0 spiro atoms. The Morgan fingerprint density at radius 1 is 1.33 bits per heavy atom. The normalized spacial score (nSPS) is 8.58. The van der Waals surface area contributed by atoms with Crippen LogP contribution in [0.2, 0.25) is 0 Å². The Bertz CT molecular complexity index is 371. The van der Waals surface area contributed by atoms with Gasteiger partial charge in [-0.15, -0.1) is 0 Å². The van der Waals surface area contributed by atoms with Gasteiger partial charge in [0.15, 0.2) is 0 Å². The molecule has 3 heteroatoms. The number of benzene rings is 1. The predicted octanol–water partition coefficient (Wildman–Crippen LogP) is 2.23. The third-order valence-electron chi connectivity index (χ3n) is 1.43. The van der Waals surface area contributed by atoms with Crippen molar-refractivity contribution >= 4 is 22.6 Å². The van der Waals surface area contributed by atoms with E-state index in [0.717, 1.165) is 9.13 Å². The van der Waals surface area contributed by atoms with Gasteiger partial charge in [-0.1, -0.05) is 6.07 Å². The largest absolute Gasteiger partial charge is 0.198 e. The monoisotopic (exact) mass is 268 g/mol. The first-order chi connectivity index (χ1) is 5.77. The highest BCUT2D eigenvalue weighted by molar-refractivity contribution is 14.1. The molecule has 0 aromatic heterocycles. The molecule has 0 unspecified atom stereocenters. The van der Waals surface area contributed by atoms with Crippen LogP contribution in [0.1, 0.15) is 11.1 Å². The van der Waals surface area contributed by atoms with E-state index in [4.69, 9.17) is 10.5 Å². The zero-order chi connectivity index (χ0) is 8.97. The molecule has 58 valence electrons. The molecule has 0 aliphatic heterocycles. The Balaban J connectivity index is 3.09. The quantitative estimate of drug-likeness (QED) is 0.733. The van der Waals surface area contributed by atoms with Crippen LogP contribution in [0.4, 0.5) is 0 Å². The van der Waals surface area contributed by atoms with E-state index in [1.165, 1.54) is 0 Å². The lowest BCUT2D eigenvalue weighted by Gasteiger charge is -1.96. The maximum Gasteiger partial charge on any atom is 0.100 e. The summed E-state index contributed by atoms with van der Waals surface area (Å²) in [5.74, 6) is 0. The molecule has 0 saturated heterocycles. The van der Waals surface area contributed by atoms with E-state index in [-0.39, 0.29) is 0 Å². The summed E-state index contributed by atoms with van der Waals surface area (Å²) in [6.45, 7) is 0. The maximum absolute atomic E-state index is 8.67. The minimum absolute atomic E-state index is 0.367. The molecule has 0 radical (unpaired) electrons. The lowest BCUT2D eigenvalue weighted by atomic mass is 10.1. The summed E-state index contributed by atoms with van der Waals surface area (Å²) in [4.78, 5) is 0. The van der Waals surface area contributed by atoms with Gasteiger partial charge in [0.05, 0.1) is 18.1 Å². The molecule has 0 heterocycles. The average molecular weight is 268 g/mol. The van der Waals surface area contributed by atoms with Crippen molar-refractivity contribution in [2.75, 3.05) is 0 Å². The molecule has 0 aliphatic carbocycles. The lowest BCUT2D eigenvalue weighted by molar-refractivity contribution is 1.25. The van der Waals surface area contributed by atoms with E-state index < -0.39 is 0 Å². The molecule has 12 heavy (non-hydrogen) atoms. The molecule has 0 atom stereocenters. The first-order valence-corrected chi connectivity index (χ1v) is 4.41. The van der Waals surface area contributed by atoms with Crippen LogP contribution in [-0.2, 0) is 6.42 Å². The van der Waals surface area contributed by atoms with Crippen molar-refractivity contribution in [2.24, 2.45) is 0 Å². The van der Waals surface area contributed by atoms with E-state index in [1.807, 2.05) is 18.2 Å². The molecule has 0 bridgehead atoms. The van der Waals surface area contributed by atoms with Gasteiger partial charge in [-0.2, -0.15) is 10.5 Å². The van der Waals surface area contributed by atoms with Crippen LogP contribution in [-0.4, -0.2) is 0 Å². The second kappa shape index (κ2) is 4.08. The molecule has 1 aromatic carbocycles. The number of halogens is 1. The van der Waals surface area contributed by atoms with Gasteiger partial charge < -0.3 is 0 Å². The molecule has 0 N–H and O–H groups in total. The topological polar surface area (TPSA) is 47.6 Å². The van der Waals surface area contributed by atoms with Gasteiger partial charge in [0.2, 0.25) is 0 Å². The van der Waals surface area contributed by atoms with E-state index in [2.05, 4.69) is 28.7 Å². The Kier molecular flexibility index (Phi) is 3.07. The second-order valence-electron chi connectivity index (χ2n) is 2.26. The zero-order valence-corrected chi connectivity index (χ0v) is 8.37. The SMILES string of the molecule is N#CCc1ccc(I)c(C#N)c1. The van der Waals surface area contributed by atoms with Crippen molar-refractivity contribution < 1.29 is 0 Å². The molecule has 0 saturated carbocycles. The fraction of sp³-hybridized carbons (Fsp3) is 0.111. The Morgan fingerprint density at radius 2 is 2.08 bits per heavy atom. The van der Waals surface area contributed by atoms with Gasteiger partial charge in [-0.05, 0) is 40.3 Å². The molecular weight excluding hydrogens is 263 g/mol. The smallest absolute Gasteiger partial charge is 0.100 e. The van der Waals surface area contributed by atoms with Crippen LogP contribution in [0.15, 0.2) is 18.2 Å². The van der Waals surface area contributed by atoms with E-state index in [0.29, 0.717) is 12.0 Å². The van der Waals surface area contributed by atoms with Crippen LogP contribution in [0.3, 0.4) is 0 Å². The second-order valence-corrected chi connectivity index (χ2v) is 3.42. The van der Waals surface area contributed by atoms with Gasteiger partial charge in [0, 0.05) is 3.57 Å². The zero-order valence-electron chi connectivity index (χ0n) is 6.21. The summed E-state index contributed by atoms with van der Waals surface area (Å²) in [6, 6.07) is 9.59.